The Kier molecular flexibility index (Phi) is 8.02. The Morgan fingerprint density at radius 2 is 1.61 bits per heavy atom. The van der Waals surface area contributed by atoms with E-state index in [9.17, 15) is 27.3 Å². The SMILES string of the molecule is CC(C)c1cc(C(F)F)cc(C(C)C)c1CC(=O)N[S@@](=N)(=O)c1ccc(C(C)(C)O)cc1F. The number of halogens is 3. The first-order valence-electron chi connectivity index (χ1n) is 10.6. The molecule has 1 atom stereocenters. The van der Waals surface area contributed by atoms with Crippen LogP contribution in [0.2, 0.25) is 0 Å². The van der Waals surface area contributed by atoms with E-state index in [0.29, 0.717) is 16.7 Å². The standard InChI is InChI=1S/C24H31F3N2O3S/c1-13(2)17-9-15(23(26)27)10-18(14(3)4)19(17)12-22(30)29-33(28,32)21-8-7-16(11-20(21)25)24(5,6)31/h7-11,13-14,23,31H,12H2,1-6H3,(H2,28,29,30,32)/t33-/m1/s1. The largest absolute Gasteiger partial charge is 0.386 e. The predicted octanol–water partition coefficient (Wildman–Crippen LogP) is 5.92. The highest BCUT2D eigenvalue weighted by molar-refractivity contribution is 7.91. The highest BCUT2D eigenvalue weighted by Gasteiger charge is 2.25. The molecule has 2 rings (SSSR count). The summed E-state index contributed by atoms with van der Waals surface area (Å²) in [4.78, 5) is 12.3. The molecule has 0 heterocycles. The van der Waals surface area contributed by atoms with E-state index in [0.717, 1.165) is 12.1 Å². The molecule has 0 aliphatic rings. The van der Waals surface area contributed by atoms with Gasteiger partial charge in [0.25, 0.3) is 6.43 Å². The lowest BCUT2D eigenvalue weighted by Gasteiger charge is -2.22. The first-order chi connectivity index (χ1) is 15.0. The molecule has 0 radical (unpaired) electrons. The fourth-order valence-electron chi connectivity index (χ4n) is 3.63. The van der Waals surface area contributed by atoms with Gasteiger partial charge in [-0.1, -0.05) is 33.8 Å². The summed E-state index contributed by atoms with van der Waals surface area (Å²) in [5.74, 6) is -2.08. The van der Waals surface area contributed by atoms with E-state index >= 15 is 0 Å². The van der Waals surface area contributed by atoms with Gasteiger partial charge in [-0.2, -0.15) is 0 Å². The third-order valence-corrected chi connectivity index (χ3v) is 6.85. The molecule has 1 amide bonds. The van der Waals surface area contributed by atoms with Crippen molar-refractivity contribution in [3.8, 4) is 0 Å². The first kappa shape index (κ1) is 26.9. The molecule has 0 spiro atoms. The molecule has 0 aromatic heterocycles. The number of hydrogen-bond acceptors (Lipinski definition) is 4. The van der Waals surface area contributed by atoms with Crippen LogP contribution in [-0.2, 0) is 26.7 Å². The van der Waals surface area contributed by atoms with E-state index in [1.165, 1.54) is 32.0 Å². The molecule has 3 N–H and O–H groups in total. The zero-order valence-corrected chi connectivity index (χ0v) is 20.4. The zero-order chi connectivity index (χ0) is 25.3. The molecular weight excluding hydrogens is 453 g/mol. The zero-order valence-electron chi connectivity index (χ0n) is 19.6. The number of hydrogen-bond donors (Lipinski definition) is 3. The van der Waals surface area contributed by atoms with Gasteiger partial charge < -0.3 is 5.11 Å². The van der Waals surface area contributed by atoms with Gasteiger partial charge in [-0.25, -0.2) is 22.2 Å². The van der Waals surface area contributed by atoms with E-state index in [2.05, 4.69) is 4.72 Å². The van der Waals surface area contributed by atoms with Crippen molar-refractivity contribution in [2.24, 2.45) is 0 Å². The van der Waals surface area contributed by atoms with Crippen LogP contribution in [0.5, 0.6) is 0 Å². The predicted molar refractivity (Wildman–Crippen MR) is 122 cm³/mol. The summed E-state index contributed by atoms with van der Waals surface area (Å²) >= 11 is 0. The van der Waals surface area contributed by atoms with Crippen LogP contribution < -0.4 is 4.72 Å². The van der Waals surface area contributed by atoms with E-state index < -0.39 is 38.6 Å². The molecule has 0 aliphatic heterocycles. The number of carbonyl (C=O) groups excluding carboxylic acids is 1. The smallest absolute Gasteiger partial charge is 0.263 e. The maximum atomic E-state index is 14.6. The van der Waals surface area contributed by atoms with E-state index in [1.54, 1.807) is 0 Å². The van der Waals surface area contributed by atoms with Gasteiger partial charge in [0.15, 0.2) is 9.92 Å². The molecule has 9 heteroatoms. The average Bonchev–Trinajstić information content (AvgIpc) is 2.65. The quantitative estimate of drug-likeness (QED) is 0.435. The number of nitrogens with one attached hydrogen (secondary N) is 2. The fraction of sp³-hybridized carbons (Fsp3) is 0.458. The molecule has 0 aliphatic carbocycles. The Balaban J connectivity index is 2.41. The maximum absolute atomic E-state index is 14.6. The Hall–Kier alpha value is -2.39. The molecule has 0 unspecified atom stereocenters. The average molecular weight is 485 g/mol. The highest BCUT2D eigenvalue weighted by Crippen LogP contribution is 2.33. The van der Waals surface area contributed by atoms with Gasteiger partial charge in [0, 0.05) is 5.56 Å². The van der Waals surface area contributed by atoms with Crippen molar-refractivity contribution in [1.29, 1.82) is 4.78 Å². The minimum absolute atomic E-state index is 0.134. The summed E-state index contributed by atoms with van der Waals surface area (Å²) in [6, 6.07) is 6.17. The summed E-state index contributed by atoms with van der Waals surface area (Å²) in [5.41, 5.74) is 0.441. The van der Waals surface area contributed by atoms with Gasteiger partial charge in [0.2, 0.25) is 5.91 Å². The monoisotopic (exact) mass is 484 g/mol. The Morgan fingerprint density at radius 1 is 1.09 bits per heavy atom. The lowest BCUT2D eigenvalue weighted by Crippen LogP contribution is -2.32. The van der Waals surface area contributed by atoms with Crippen LogP contribution in [0.4, 0.5) is 13.2 Å². The number of amides is 1. The van der Waals surface area contributed by atoms with Gasteiger partial charge in [0.05, 0.1) is 12.0 Å². The second-order valence-electron chi connectivity index (χ2n) is 9.25. The normalized spacial score (nSPS) is 14.1. The summed E-state index contributed by atoms with van der Waals surface area (Å²) in [6.45, 7) is 10.2. The first-order valence-corrected chi connectivity index (χ1v) is 12.2. The maximum Gasteiger partial charge on any atom is 0.263 e. The highest BCUT2D eigenvalue weighted by atomic mass is 32.2. The van der Waals surface area contributed by atoms with E-state index in [-0.39, 0.29) is 29.4 Å². The van der Waals surface area contributed by atoms with Crippen molar-refractivity contribution >= 4 is 15.8 Å². The minimum atomic E-state index is -4.04. The second kappa shape index (κ2) is 9.85. The van der Waals surface area contributed by atoms with Crippen LogP contribution in [0.15, 0.2) is 35.2 Å². The molecule has 0 bridgehead atoms. The van der Waals surface area contributed by atoms with Crippen LogP contribution in [0.25, 0.3) is 0 Å². The topological polar surface area (TPSA) is 90.3 Å². The van der Waals surface area contributed by atoms with Crippen molar-refractivity contribution in [2.45, 2.75) is 76.7 Å². The Bertz CT molecular complexity index is 1110. The molecule has 2 aromatic carbocycles. The minimum Gasteiger partial charge on any atom is -0.386 e. The molecule has 2 aromatic rings. The number of benzene rings is 2. The van der Waals surface area contributed by atoms with Crippen molar-refractivity contribution in [1.82, 2.24) is 4.72 Å². The summed E-state index contributed by atoms with van der Waals surface area (Å²) in [7, 11) is -4.04. The van der Waals surface area contributed by atoms with Gasteiger partial charge in [0.1, 0.15) is 10.7 Å². The van der Waals surface area contributed by atoms with Crippen LogP contribution in [0.3, 0.4) is 0 Å². The Labute approximate surface area is 193 Å². The van der Waals surface area contributed by atoms with Crippen molar-refractivity contribution in [2.75, 3.05) is 0 Å². The van der Waals surface area contributed by atoms with Gasteiger partial charge in [-0.05, 0) is 72.2 Å². The van der Waals surface area contributed by atoms with E-state index in [4.69, 9.17) is 4.78 Å². The van der Waals surface area contributed by atoms with Gasteiger partial charge in [-0.15, -0.1) is 0 Å². The van der Waals surface area contributed by atoms with Crippen molar-refractivity contribution in [3.63, 3.8) is 0 Å². The molecule has 0 saturated carbocycles. The van der Waals surface area contributed by atoms with Crippen molar-refractivity contribution < 1.29 is 27.3 Å². The van der Waals surface area contributed by atoms with Gasteiger partial charge >= 0.3 is 0 Å². The fourth-order valence-corrected chi connectivity index (χ4v) is 4.72. The molecular formula is C24H31F3N2O3S. The molecule has 5 nitrogen and oxygen atoms in total. The number of aliphatic hydroxyl groups is 1. The Morgan fingerprint density at radius 3 is 2.00 bits per heavy atom. The second-order valence-corrected chi connectivity index (χ2v) is 11.0. The molecule has 182 valence electrons. The number of alkyl halides is 2. The molecule has 33 heavy (non-hydrogen) atoms. The summed E-state index contributed by atoms with van der Waals surface area (Å²) in [6.07, 6.45) is -2.95. The molecule has 0 saturated heterocycles. The third-order valence-electron chi connectivity index (χ3n) is 5.38. The van der Waals surface area contributed by atoms with Gasteiger partial charge in [-0.3, -0.25) is 9.52 Å². The van der Waals surface area contributed by atoms with Crippen LogP contribution in [0, 0.1) is 10.6 Å². The van der Waals surface area contributed by atoms with Crippen LogP contribution >= 0.6 is 0 Å². The molecule has 0 fully saturated rings. The van der Waals surface area contributed by atoms with Crippen LogP contribution in [0.1, 0.15) is 87.6 Å². The lowest BCUT2D eigenvalue weighted by atomic mass is 9.85. The van der Waals surface area contributed by atoms with Crippen molar-refractivity contribution in [3.05, 3.63) is 64.0 Å². The number of rotatable bonds is 8. The summed E-state index contributed by atoms with van der Waals surface area (Å²) < 4.78 is 64.5. The van der Waals surface area contributed by atoms with E-state index in [1.807, 2.05) is 27.7 Å². The lowest BCUT2D eigenvalue weighted by molar-refractivity contribution is -0.118. The van der Waals surface area contributed by atoms with Crippen LogP contribution in [-0.4, -0.2) is 15.2 Å². The summed E-state index contributed by atoms with van der Waals surface area (Å²) in [5, 5.41) is 10.0. The third kappa shape index (κ3) is 6.35. The number of carbonyl (C=O) groups is 1.